The summed E-state index contributed by atoms with van der Waals surface area (Å²) in [5.74, 6) is 0.889. The van der Waals surface area contributed by atoms with Crippen molar-refractivity contribution in [3.63, 3.8) is 0 Å². The molecule has 0 radical (unpaired) electrons. The quantitative estimate of drug-likeness (QED) is 0.671. The molecule has 0 amide bonds. The number of hydrogen-bond acceptors (Lipinski definition) is 7. The van der Waals surface area contributed by atoms with E-state index in [2.05, 4.69) is 9.97 Å². The average molecular weight is 276 g/mol. The molecule has 2 N–H and O–H groups in total. The van der Waals surface area contributed by atoms with Gasteiger partial charge in [-0.3, -0.25) is 10.1 Å². The minimum absolute atomic E-state index is 0.0120. The molecule has 2 aromatic rings. The molecule has 0 bridgehead atoms. The van der Waals surface area contributed by atoms with E-state index in [0.29, 0.717) is 11.3 Å². The van der Waals surface area contributed by atoms with Crippen LogP contribution in [0.25, 0.3) is 0 Å². The summed E-state index contributed by atoms with van der Waals surface area (Å²) in [4.78, 5) is 18.0. The van der Waals surface area contributed by atoms with Crippen LogP contribution >= 0.6 is 0 Å². The number of ether oxygens (including phenoxy) is 2. The molecule has 2 rings (SSSR count). The lowest BCUT2D eigenvalue weighted by atomic mass is 10.2. The Balaban J connectivity index is 2.28. The standard InChI is InChI=1S/C12H12N4O4/c1-7-5-8(3-4-9(7)16(17)18)20-11-6-10(19-2)14-12(13)15-11/h3-6H,1-2H3,(H2,13,14,15). The van der Waals surface area contributed by atoms with E-state index >= 15 is 0 Å². The number of nitrogens with zero attached hydrogens (tertiary/aromatic N) is 3. The first-order chi connectivity index (χ1) is 9.49. The van der Waals surface area contributed by atoms with Gasteiger partial charge in [0.05, 0.1) is 18.1 Å². The number of nitro benzene ring substituents is 1. The van der Waals surface area contributed by atoms with E-state index in [9.17, 15) is 10.1 Å². The molecular weight excluding hydrogens is 264 g/mol. The highest BCUT2D eigenvalue weighted by Gasteiger charge is 2.12. The third-order valence-electron chi connectivity index (χ3n) is 2.49. The summed E-state index contributed by atoms with van der Waals surface area (Å²) in [7, 11) is 1.45. The van der Waals surface area contributed by atoms with Gasteiger partial charge in [0.15, 0.2) is 0 Å². The number of aryl methyl sites for hydroxylation is 1. The van der Waals surface area contributed by atoms with Crippen molar-refractivity contribution in [3.05, 3.63) is 39.9 Å². The normalized spacial score (nSPS) is 10.1. The Kier molecular flexibility index (Phi) is 3.65. The first-order valence-electron chi connectivity index (χ1n) is 5.61. The van der Waals surface area contributed by atoms with Crippen LogP contribution in [0.5, 0.6) is 17.5 Å². The van der Waals surface area contributed by atoms with E-state index < -0.39 is 4.92 Å². The van der Waals surface area contributed by atoms with E-state index in [4.69, 9.17) is 15.2 Å². The van der Waals surface area contributed by atoms with Gasteiger partial charge in [-0.2, -0.15) is 9.97 Å². The van der Waals surface area contributed by atoms with Crippen LogP contribution in [-0.4, -0.2) is 22.0 Å². The highest BCUT2D eigenvalue weighted by atomic mass is 16.6. The number of benzene rings is 1. The second kappa shape index (κ2) is 5.39. The molecular formula is C12H12N4O4. The van der Waals surface area contributed by atoms with Crippen molar-refractivity contribution in [2.24, 2.45) is 0 Å². The van der Waals surface area contributed by atoms with Gasteiger partial charge >= 0.3 is 0 Å². The number of nitrogen functional groups attached to an aromatic ring is 1. The van der Waals surface area contributed by atoms with Crippen molar-refractivity contribution in [2.75, 3.05) is 12.8 Å². The lowest BCUT2D eigenvalue weighted by Gasteiger charge is -2.07. The van der Waals surface area contributed by atoms with Crippen molar-refractivity contribution in [1.82, 2.24) is 9.97 Å². The summed E-state index contributed by atoms with van der Waals surface area (Å²) in [6.45, 7) is 1.62. The second-order valence-electron chi connectivity index (χ2n) is 3.91. The van der Waals surface area contributed by atoms with E-state index in [-0.39, 0.29) is 23.4 Å². The highest BCUT2D eigenvalue weighted by molar-refractivity contribution is 5.45. The number of methoxy groups -OCH3 is 1. The third-order valence-corrected chi connectivity index (χ3v) is 2.49. The number of nitro groups is 1. The van der Waals surface area contributed by atoms with E-state index in [1.807, 2.05) is 0 Å². The van der Waals surface area contributed by atoms with Crippen molar-refractivity contribution >= 4 is 11.6 Å². The molecule has 0 unspecified atom stereocenters. The molecule has 1 aromatic heterocycles. The van der Waals surface area contributed by atoms with E-state index in [1.54, 1.807) is 13.0 Å². The van der Waals surface area contributed by atoms with Crippen molar-refractivity contribution in [3.8, 4) is 17.5 Å². The van der Waals surface area contributed by atoms with Crippen molar-refractivity contribution in [2.45, 2.75) is 6.92 Å². The predicted molar refractivity (Wildman–Crippen MR) is 70.9 cm³/mol. The maximum Gasteiger partial charge on any atom is 0.272 e. The Labute approximate surface area is 114 Å². The molecule has 1 heterocycles. The van der Waals surface area contributed by atoms with Crippen LogP contribution in [0.4, 0.5) is 11.6 Å². The maximum absolute atomic E-state index is 10.7. The van der Waals surface area contributed by atoms with Crippen LogP contribution in [0, 0.1) is 17.0 Å². The van der Waals surface area contributed by atoms with Crippen LogP contribution in [0.1, 0.15) is 5.56 Å². The molecule has 1 aromatic carbocycles. The molecule has 0 spiro atoms. The minimum atomic E-state index is -0.454. The number of hydrogen-bond donors (Lipinski definition) is 1. The largest absolute Gasteiger partial charge is 0.481 e. The Morgan fingerprint density at radius 3 is 2.55 bits per heavy atom. The fourth-order valence-electron chi connectivity index (χ4n) is 1.59. The van der Waals surface area contributed by atoms with Crippen LogP contribution in [0.2, 0.25) is 0 Å². The van der Waals surface area contributed by atoms with Crippen LogP contribution in [-0.2, 0) is 0 Å². The van der Waals surface area contributed by atoms with Gasteiger partial charge in [-0.15, -0.1) is 0 Å². The summed E-state index contributed by atoms with van der Waals surface area (Å²) in [6.07, 6.45) is 0. The predicted octanol–water partition coefficient (Wildman–Crippen LogP) is 2.08. The first-order valence-corrected chi connectivity index (χ1v) is 5.61. The third kappa shape index (κ3) is 2.91. The van der Waals surface area contributed by atoms with Gasteiger partial charge in [0.2, 0.25) is 17.7 Å². The van der Waals surface area contributed by atoms with Gasteiger partial charge in [-0.1, -0.05) is 0 Å². The van der Waals surface area contributed by atoms with Gasteiger partial charge in [0, 0.05) is 11.6 Å². The van der Waals surface area contributed by atoms with E-state index in [1.165, 1.54) is 25.3 Å². The van der Waals surface area contributed by atoms with Gasteiger partial charge in [0.1, 0.15) is 5.75 Å². The number of anilines is 1. The fourth-order valence-corrected chi connectivity index (χ4v) is 1.59. The molecule has 8 heteroatoms. The van der Waals surface area contributed by atoms with Crippen LogP contribution in [0.3, 0.4) is 0 Å². The average Bonchev–Trinajstić information content (AvgIpc) is 2.37. The molecule has 0 aliphatic carbocycles. The number of rotatable bonds is 4. The van der Waals surface area contributed by atoms with E-state index in [0.717, 1.165) is 0 Å². The Morgan fingerprint density at radius 2 is 1.95 bits per heavy atom. The minimum Gasteiger partial charge on any atom is -0.481 e. The summed E-state index contributed by atoms with van der Waals surface area (Å²) in [6, 6.07) is 5.86. The molecule has 8 nitrogen and oxygen atoms in total. The lowest BCUT2D eigenvalue weighted by Crippen LogP contribution is -1.99. The SMILES string of the molecule is COc1cc(Oc2ccc([N+](=O)[O-])c(C)c2)nc(N)n1. The summed E-state index contributed by atoms with van der Waals surface area (Å²) in [5.41, 5.74) is 6.02. The smallest absolute Gasteiger partial charge is 0.272 e. The van der Waals surface area contributed by atoms with Gasteiger partial charge in [0.25, 0.3) is 5.69 Å². The van der Waals surface area contributed by atoms with Gasteiger partial charge in [-0.25, -0.2) is 0 Å². The molecule has 0 saturated carbocycles. The van der Waals surface area contributed by atoms with Gasteiger partial charge in [-0.05, 0) is 19.1 Å². The van der Waals surface area contributed by atoms with Crippen molar-refractivity contribution < 1.29 is 14.4 Å². The Hall–Kier alpha value is -2.90. The maximum atomic E-state index is 10.7. The highest BCUT2D eigenvalue weighted by Crippen LogP contribution is 2.27. The lowest BCUT2D eigenvalue weighted by molar-refractivity contribution is -0.385. The Morgan fingerprint density at radius 1 is 1.25 bits per heavy atom. The first kappa shape index (κ1) is 13.5. The molecule has 0 aliphatic rings. The fraction of sp³-hybridized carbons (Fsp3) is 0.167. The van der Waals surface area contributed by atoms with Crippen LogP contribution in [0.15, 0.2) is 24.3 Å². The zero-order valence-electron chi connectivity index (χ0n) is 10.9. The van der Waals surface area contributed by atoms with Crippen molar-refractivity contribution in [1.29, 1.82) is 0 Å². The number of aromatic nitrogens is 2. The monoisotopic (exact) mass is 276 g/mol. The van der Waals surface area contributed by atoms with Gasteiger partial charge < -0.3 is 15.2 Å². The Bertz CT molecular complexity index is 660. The summed E-state index contributed by atoms with van der Waals surface area (Å²) < 4.78 is 10.4. The molecule has 0 aliphatic heterocycles. The second-order valence-corrected chi connectivity index (χ2v) is 3.91. The molecule has 104 valence electrons. The summed E-state index contributed by atoms with van der Waals surface area (Å²) >= 11 is 0. The van der Waals surface area contributed by atoms with Crippen LogP contribution < -0.4 is 15.2 Å². The molecule has 0 atom stereocenters. The summed E-state index contributed by atoms with van der Waals surface area (Å²) in [5, 5.41) is 10.7. The number of nitrogens with two attached hydrogens (primary N) is 1. The molecule has 20 heavy (non-hydrogen) atoms. The zero-order chi connectivity index (χ0) is 14.7. The topological polar surface area (TPSA) is 113 Å². The zero-order valence-corrected chi connectivity index (χ0v) is 10.9. The molecule has 0 saturated heterocycles. The molecule has 0 fully saturated rings.